The van der Waals surface area contributed by atoms with Gasteiger partial charge in [0.25, 0.3) is 13.4 Å². The Morgan fingerprint density at radius 1 is 0.296 bits per heavy atom. The lowest BCUT2D eigenvalue weighted by Gasteiger charge is -2.52. The molecule has 376 valence electrons. The van der Waals surface area contributed by atoms with Gasteiger partial charge in [-0.25, -0.2) is 0 Å². The van der Waals surface area contributed by atoms with Crippen LogP contribution in [0.1, 0.15) is 0 Å². The first-order chi connectivity index (χ1) is 40.2. The fourth-order valence-corrected chi connectivity index (χ4v) is 14.2. The summed E-state index contributed by atoms with van der Waals surface area (Å²) in [6.07, 6.45) is 0. The summed E-state index contributed by atoms with van der Waals surface area (Å²) in [5.74, 6) is 1.62. The van der Waals surface area contributed by atoms with Crippen LogP contribution in [0, 0.1) is 0 Å². The lowest BCUT2D eigenvalue weighted by molar-refractivity contribution is 0.477. The molecule has 7 nitrogen and oxygen atoms in total. The third-order valence-corrected chi connectivity index (χ3v) is 17.3. The maximum absolute atomic E-state index is 7.35. The molecule has 0 spiro atoms. The fourth-order valence-electron chi connectivity index (χ4n) is 14.2. The molecule has 9 heteroatoms. The van der Waals surface area contributed by atoms with Crippen molar-refractivity contribution in [2.45, 2.75) is 0 Å². The van der Waals surface area contributed by atoms with E-state index in [1.54, 1.807) is 0 Å². The topological polar surface area (TPSA) is 38.6 Å². The number of anilines is 15. The van der Waals surface area contributed by atoms with E-state index in [0.29, 0.717) is 0 Å². The number of hydrogen-bond acceptors (Lipinski definition) is 7. The van der Waals surface area contributed by atoms with Gasteiger partial charge in [0, 0.05) is 90.8 Å². The van der Waals surface area contributed by atoms with Gasteiger partial charge in [-0.15, -0.1) is 0 Å². The second-order valence-corrected chi connectivity index (χ2v) is 21.5. The summed E-state index contributed by atoms with van der Waals surface area (Å²) < 4.78 is 14.3. The minimum atomic E-state index is -0.240. The SMILES string of the molecule is c1ccc(N(c2ccccc2)c2ccc3c(c2)N(c2ccccc2)c2cc4c5c6c2B3c2cccc3c2N6c2c(cc6oc7ccccc7c6c2B5c2ccc(N(c5ccccc5)c5ccccc5)cc2N4c2ccccc2)O3)cc1. The van der Waals surface area contributed by atoms with Crippen molar-refractivity contribution in [1.82, 2.24) is 0 Å². The van der Waals surface area contributed by atoms with Gasteiger partial charge in [-0.1, -0.05) is 152 Å². The first-order valence-corrected chi connectivity index (χ1v) is 27.8. The monoisotopic (exact) mass is 1030 g/mol. The van der Waals surface area contributed by atoms with E-state index in [4.69, 9.17) is 9.15 Å². The van der Waals surface area contributed by atoms with E-state index in [2.05, 4.69) is 297 Å². The van der Waals surface area contributed by atoms with Crippen LogP contribution in [0.15, 0.2) is 277 Å². The molecule has 1 aromatic heterocycles. The number of ether oxygens (including phenoxy) is 1. The smallest absolute Gasteiger partial charge is 0.253 e. The van der Waals surface area contributed by atoms with E-state index in [0.717, 1.165) is 113 Å². The van der Waals surface area contributed by atoms with Crippen molar-refractivity contribution < 1.29 is 9.15 Å². The van der Waals surface area contributed by atoms with E-state index < -0.39 is 0 Å². The number of nitrogens with zero attached hydrogens (tertiary/aromatic N) is 5. The van der Waals surface area contributed by atoms with Gasteiger partial charge in [0.05, 0.1) is 11.4 Å². The van der Waals surface area contributed by atoms with Gasteiger partial charge in [0.2, 0.25) is 0 Å². The summed E-state index contributed by atoms with van der Waals surface area (Å²) in [5.41, 5.74) is 25.5. The summed E-state index contributed by atoms with van der Waals surface area (Å²) >= 11 is 0. The number of hydrogen-bond donors (Lipinski definition) is 0. The summed E-state index contributed by atoms with van der Waals surface area (Å²) in [5, 5.41) is 2.20. The van der Waals surface area contributed by atoms with Gasteiger partial charge in [0.15, 0.2) is 11.5 Å². The van der Waals surface area contributed by atoms with E-state index >= 15 is 0 Å². The van der Waals surface area contributed by atoms with Gasteiger partial charge in [0.1, 0.15) is 11.2 Å². The Labute approximate surface area is 469 Å². The molecule has 0 fully saturated rings. The van der Waals surface area contributed by atoms with Crippen LogP contribution in [0.3, 0.4) is 0 Å². The Kier molecular flexibility index (Phi) is 9.28. The molecule has 5 aliphatic heterocycles. The van der Waals surface area contributed by atoms with Crippen molar-refractivity contribution >= 4 is 153 Å². The molecule has 0 N–H and O–H groups in total. The zero-order chi connectivity index (χ0) is 52.9. The molecule has 6 heterocycles. The number of rotatable bonds is 8. The second kappa shape index (κ2) is 16.9. The minimum Gasteiger partial charge on any atom is -0.456 e. The molecule has 18 rings (SSSR count). The molecule has 12 aromatic carbocycles. The Bertz CT molecular complexity index is 4640. The van der Waals surface area contributed by atoms with Crippen LogP contribution < -0.4 is 62.0 Å². The number of para-hydroxylation sites is 8. The van der Waals surface area contributed by atoms with Crippen LogP contribution in [0.5, 0.6) is 11.5 Å². The lowest BCUT2D eigenvalue weighted by Crippen LogP contribution is -2.69. The van der Waals surface area contributed by atoms with Crippen molar-refractivity contribution in [3.8, 4) is 11.5 Å². The molecule has 81 heavy (non-hydrogen) atoms. The largest absolute Gasteiger partial charge is 0.456 e. The van der Waals surface area contributed by atoms with E-state index in [1.165, 1.54) is 38.5 Å². The first-order valence-electron chi connectivity index (χ1n) is 27.8. The quantitative estimate of drug-likeness (QED) is 0.140. The van der Waals surface area contributed by atoms with Crippen LogP contribution in [-0.2, 0) is 0 Å². The Balaban J connectivity index is 0.984. The maximum atomic E-state index is 7.35. The Morgan fingerprint density at radius 2 is 0.778 bits per heavy atom. The molecular formula is C72H45B2N5O2. The zero-order valence-corrected chi connectivity index (χ0v) is 43.7. The van der Waals surface area contributed by atoms with Crippen molar-refractivity contribution in [2.75, 3.05) is 24.5 Å². The highest BCUT2D eigenvalue weighted by Gasteiger charge is 2.55. The summed E-state index contributed by atoms with van der Waals surface area (Å²) in [6, 6.07) is 99.1. The molecule has 0 saturated heterocycles. The van der Waals surface area contributed by atoms with Gasteiger partial charge in [-0.3, -0.25) is 0 Å². The minimum absolute atomic E-state index is 0.150. The third kappa shape index (κ3) is 6.25. The van der Waals surface area contributed by atoms with Crippen LogP contribution in [0.25, 0.3) is 21.9 Å². The summed E-state index contributed by atoms with van der Waals surface area (Å²) in [4.78, 5) is 12.5. The van der Waals surface area contributed by atoms with E-state index in [1.807, 2.05) is 0 Å². The van der Waals surface area contributed by atoms with Crippen LogP contribution in [-0.4, -0.2) is 13.4 Å². The van der Waals surface area contributed by atoms with Crippen LogP contribution in [0.2, 0.25) is 0 Å². The summed E-state index contributed by atoms with van der Waals surface area (Å²) in [6.45, 7) is -0.390. The van der Waals surface area contributed by atoms with Crippen LogP contribution in [0.4, 0.5) is 85.3 Å². The van der Waals surface area contributed by atoms with Crippen molar-refractivity contribution in [1.29, 1.82) is 0 Å². The number of furan rings is 1. The van der Waals surface area contributed by atoms with Gasteiger partial charge in [-0.2, -0.15) is 0 Å². The average Bonchev–Trinajstić information content (AvgIpc) is 2.21. The molecule has 0 radical (unpaired) electrons. The van der Waals surface area contributed by atoms with Gasteiger partial charge >= 0.3 is 0 Å². The predicted molar refractivity (Wildman–Crippen MR) is 337 cm³/mol. The van der Waals surface area contributed by atoms with Crippen LogP contribution >= 0.6 is 0 Å². The fraction of sp³-hybridized carbons (Fsp3) is 0. The Hall–Kier alpha value is -10.6. The van der Waals surface area contributed by atoms with Gasteiger partial charge < -0.3 is 33.7 Å². The zero-order valence-electron chi connectivity index (χ0n) is 43.7. The van der Waals surface area contributed by atoms with E-state index in [9.17, 15) is 0 Å². The maximum Gasteiger partial charge on any atom is 0.253 e. The molecule has 0 bridgehead atoms. The number of benzene rings is 12. The second-order valence-electron chi connectivity index (χ2n) is 21.5. The first kappa shape index (κ1) is 44.4. The predicted octanol–water partition coefficient (Wildman–Crippen LogP) is 15.3. The molecular weight excluding hydrogens is 988 g/mol. The van der Waals surface area contributed by atoms with Crippen molar-refractivity contribution in [3.63, 3.8) is 0 Å². The summed E-state index contributed by atoms with van der Waals surface area (Å²) in [7, 11) is 0. The molecule has 13 aromatic rings. The Morgan fingerprint density at radius 3 is 1.32 bits per heavy atom. The van der Waals surface area contributed by atoms with Crippen molar-refractivity contribution in [3.05, 3.63) is 273 Å². The molecule has 0 aliphatic carbocycles. The molecule has 0 amide bonds. The molecule has 5 aliphatic rings. The highest BCUT2D eigenvalue weighted by atomic mass is 16.5. The highest BCUT2D eigenvalue weighted by molar-refractivity contribution is 7.05. The number of fused-ring (bicyclic) bond motifs is 10. The van der Waals surface area contributed by atoms with E-state index in [-0.39, 0.29) is 13.4 Å². The lowest BCUT2D eigenvalue weighted by atomic mass is 9.28. The molecule has 0 unspecified atom stereocenters. The average molecular weight is 1030 g/mol. The molecule has 0 saturated carbocycles. The third-order valence-electron chi connectivity index (χ3n) is 17.3. The highest BCUT2D eigenvalue weighted by Crippen LogP contribution is 2.58. The molecule has 0 atom stereocenters. The normalized spacial score (nSPS) is 13.4. The van der Waals surface area contributed by atoms with Gasteiger partial charge in [-0.05, 0) is 148 Å². The standard InChI is InChI=1S/C72H45B2N5O2/c1-7-22-46(23-8-1)75(47-24-9-2-10-25-47)52-38-40-55-58(42-52)77(50-30-15-5-16-31-50)60-44-61-68-72-67(60)73(55)57-35-21-37-63-70(57)79(72)71-65(81-63)45-64-66(54-34-19-20-36-62(54)80-64)69(71)74(68)56-41-39-53(43-59(56)78(61)51-32-17-6-18-33-51)76(48-26-11-3-12-27-48)49-28-13-4-14-29-49/h1-45H. The van der Waals surface area contributed by atoms with Crippen molar-refractivity contribution in [2.24, 2.45) is 0 Å².